The van der Waals surface area contributed by atoms with Crippen molar-refractivity contribution in [1.29, 1.82) is 0 Å². The van der Waals surface area contributed by atoms with Gasteiger partial charge in [0.15, 0.2) is 5.69 Å². The summed E-state index contributed by atoms with van der Waals surface area (Å²) in [5, 5.41) is 13.2. The van der Waals surface area contributed by atoms with Crippen LogP contribution in [-0.4, -0.2) is 40.4 Å². The molecule has 0 aliphatic carbocycles. The van der Waals surface area contributed by atoms with Crippen molar-refractivity contribution < 1.29 is 9.59 Å². The molecule has 0 aliphatic rings. The van der Waals surface area contributed by atoms with E-state index in [1.807, 2.05) is 26.0 Å². The SMILES string of the molecule is CNC(=O)CCNC(=O)c1nnn(-c2cc(C)cc(C)c2)c1C. The number of nitrogens with one attached hydrogen (secondary N) is 2. The van der Waals surface area contributed by atoms with Gasteiger partial charge in [-0.15, -0.1) is 5.10 Å². The lowest BCUT2D eigenvalue weighted by Gasteiger charge is -2.07. The second-order valence-electron chi connectivity index (χ2n) is 5.46. The normalized spacial score (nSPS) is 10.4. The van der Waals surface area contributed by atoms with Gasteiger partial charge in [-0.3, -0.25) is 9.59 Å². The first-order valence-electron chi connectivity index (χ1n) is 7.42. The first-order chi connectivity index (χ1) is 10.9. The quantitative estimate of drug-likeness (QED) is 0.863. The van der Waals surface area contributed by atoms with Crippen molar-refractivity contribution in [2.75, 3.05) is 13.6 Å². The molecule has 1 aromatic heterocycles. The Morgan fingerprint density at radius 2 is 1.78 bits per heavy atom. The second-order valence-corrected chi connectivity index (χ2v) is 5.46. The van der Waals surface area contributed by atoms with Crippen LogP contribution in [0.1, 0.15) is 33.7 Å². The molecule has 2 aromatic rings. The minimum Gasteiger partial charge on any atom is -0.359 e. The lowest BCUT2D eigenvalue weighted by atomic mass is 10.1. The highest BCUT2D eigenvalue weighted by atomic mass is 16.2. The molecule has 0 unspecified atom stereocenters. The average molecular weight is 315 g/mol. The second kappa shape index (κ2) is 7.04. The molecule has 122 valence electrons. The summed E-state index contributed by atoms with van der Waals surface area (Å²) >= 11 is 0. The first kappa shape index (κ1) is 16.7. The maximum absolute atomic E-state index is 12.2. The topological polar surface area (TPSA) is 88.9 Å². The molecule has 0 atom stereocenters. The van der Waals surface area contributed by atoms with Crippen LogP contribution in [0.5, 0.6) is 0 Å². The van der Waals surface area contributed by atoms with E-state index in [2.05, 4.69) is 27.0 Å². The standard InChI is InChI=1S/C16H21N5O2/c1-10-7-11(2)9-13(8-10)21-12(3)15(19-20-21)16(23)18-6-5-14(22)17-4/h7-9H,5-6H2,1-4H3,(H,17,22)(H,18,23). The van der Waals surface area contributed by atoms with E-state index in [-0.39, 0.29) is 30.5 Å². The summed E-state index contributed by atoms with van der Waals surface area (Å²) in [6.45, 7) is 6.07. The number of rotatable bonds is 5. The van der Waals surface area contributed by atoms with E-state index in [0.29, 0.717) is 5.69 Å². The maximum Gasteiger partial charge on any atom is 0.273 e. The molecule has 2 amide bonds. The zero-order chi connectivity index (χ0) is 17.0. The van der Waals surface area contributed by atoms with E-state index in [0.717, 1.165) is 16.8 Å². The third-order valence-electron chi connectivity index (χ3n) is 3.48. The van der Waals surface area contributed by atoms with E-state index in [9.17, 15) is 9.59 Å². The van der Waals surface area contributed by atoms with Crippen molar-refractivity contribution in [2.45, 2.75) is 27.2 Å². The minimum absolute atomic E-state index is 0.124. The number of benzene rings is 1. The summed E-state index contributed by atoms with van der Waals surface area (Å²) in [6.07, 6.45) is 0.229. The van der Waals surface area contributed by atoms with Crippen LogP contribution in [0, 0.1) is 20.8 Å². The summed E-state index contributed by atoms with van der Waals surface area (Å²) in [6, 6.07) is 6.05. The Balaban J connectivity index is 2.15. The Hall–Kier alpha value is -2.70. The zero-order valence-corrected chi connectivity index (χ0v) is 13.8. The van der Waals surface area contributed by atoms with Crippen LogP contribution in [0.2, 0.25) is 0 Å². The van der Waals surface area contributed by atoms with Crippen LogP contribution in [0.4, 0.5) is 0 Å². The highest BCUT2D eigenvalue weighted by Crippen LogP contribution is 2.16. The summed E-state index contributed by atoms with van der Waals surface area (Å²) in [7, 11) is 1.56. The fraction of sp³-hybridized carbons (Fsp3) is 0.375. The fourth-order valence-electron chi connectivity index (χ4n) is 2.36. The molecule has 0 fully saturated rings. The number of carbonyl (C=O) groups excluding carboxylic acids is 2. The third kappa shape index (κ3) is 3.94. The Labute approximate surface area is 135 Å². The zero-order valence-electron chi connectivity index (χ0n) is 13.8. The molecular weight excluding hydrogens is 294 g/mol. The molecule has 23 heavy (non-hydrogen) atoms. The van der Waals surface area contributed by atoms with E-state index >= 15 is 0 Å². The van der Waals surface area contributed by atoms with Gasteiger partial charge in [0.1, 0.15) is 0 Å². The molecule has 0 saturated carbocycles. The summed E-state index contributed by atoms with van der Waals surface area (Å²) < 4.78 is 1.65. The number of carbonyl (C=O) groups is 2. The van der Waals surface area contributed by atoms with E-state index in [1.54, 1.807) is 18.7 Å². The van der Waals surface area contributed by atoms with Gasteiger partial charge in [-0.25, -0.2) is 4.68 Å². The molecule has 2 rings (SSSR count). The highest BCUT2D eigenvalue weighted by molar-refractivity contribution is 5.93. The van der Waals surface area contributed by atoms with Gasteiger partial charge in [-0.05, 0) is 44.0 Å². The Bertz CT molecular complexity index is 716. The average Bonchev–Trinajstić information content (AvgIpc) is 2.87. The predicted molar refractivity (Wildman–Crippen MR) is 86.6 cm³/mol. The van der Waals surface area contributed by atoms with Gasteiger partial charge in [-0.2, -0.15) is 0 Å². The van der Waals surface area contributed by atoms with Gasteiger partial charge in [0.05, 0.1) is 11.4 Å². The van der Waals surface area contributed by atoms with Crippen LogP contribution in [0.3, 0.4) is 0 Å². The summed E-state index contributed by atoms with van der Waals surface area (Å²) in [5.74, 6) is -0.456. The number of hydrogen-bond donors (Lipinski definition) is 2. The van der Waals surface area contributed by atoms with Gasteiger partial charge in [-0.1, -0.05) is 11.3 Å². The van der Waals surface area contributed by atoms with Gasteiger partial charge < -0.3 is 10.6 Å². The van der Waals surface area contributed by atoms with Crippen molar-refractivity contribution in [3.8, 4) is 5.69 Å². The predicted octanol–water partition coefficient (Wildman–Crippen LogP) is 1.06. The van der Waals surface area contributed by atoms with Crippen LogP contribution < -0.4 is 10.6 Å². The van der Waals surface area contributed by atoms with Gasteiger partial charge in [0, 0.05) is 20.0 Å². The molecule has 0 saturated heterocycles. The van der Waals surface area contributed by atoms with E-state index in [4.69, 9.17) is 0 Å². The fourth-order valence-corrected chi connectivity index (χ4v) is 2.36. The van der Waals surface area contributed by atoms with Crippen molar-refractivity contribution in [2.24, 2.45) is 0 Å². The van der Waals surface area contributed by atoms with E-state index < -0.39 is 0 Å². The van der Waals surface area contributed by atoms with Crippen molar-refractivity contribution in [3.05, 3.63) is 40.7 Å². The Kier molecular flexibility index (Phi) is 5.10. The number of hydrogen-bond acceptors (Lipinski definition) is 4. The van der Waals surface area contributed by atoms with Crippen molar-refractivity contribution >= 4 is 11.8 Å². The van der Waals surface area contributed by atoms with Gasteiger partial charge in [0.25, 0.3) is 5.91 Å². The molecule has 2 N–H and O–H groups in total. The number of nitrogens with zero attached hydrogens (tertiary/aromatic N) is 3. The highest BCUT2D eigenvalue weighted by Gasteiger charge is 2.17. The van der Waals surface area contributed by atoms with Gasteiger partial charge >= 0.3 is 0 Å². The maximum atomic E-state index is 12.2. The molecule has 0 aliphatic heterocycles. The molecule has 1 heterocycles. The molecule has 7 heteroatoms. The Morgan fingerprint density at radius 3 is 2.39 bits per heavy atom. The summed E-state index contributed by atoms with van der Waals surface area (Å²) in [5.41, 5.74) is 4.03. The molecule has 7 nitrogen and oxygen atoms in total. The number of aromatic nitrogens is 3. The summed E-state index contributed by atoms with van der Waals surface area (Å²) in [4.78, 5) is 23.3. The minimum atomic E-state index is -0.331. The van der Waals surface area contributed by atoms with Crippen LogP contribution in [-0.2, 0) is 4.79 Å². The molecule has 0 bridgehead atoms. The molecule has 1 aromatic carbocycles. The Morgan fingerprint density at radius 1 is 1.13 bits per heavy atom. The van der Waals surface area contributed by atoms with Crippen molar-refractivity contribution in [1.82, 2.24) is 25.6 Å². The van der Waals surface area contributed by atoms with Crippen LogP contribution >= 0.6 is 0 Å². The number of aryl methyl sites for hydroxylation is 2. The van der Waals surface area contributed by atoms with Crippen LogP contribution in [0.15, 0.2) is 18.2 Å². The third-order valence-corrected chi connectivity index (χ3v) is 3.48. The molecule has 0 radical (unpaired) electrons. The lowest BCUT2D eigenvalue weighted by Crippen LogP contribution is -2.29. The van der Waals surface area contributed by atoms with E-state index in [1.165, 1.54) is 0 Å². The number of amides is 2. The lowest BCUT2D eigenvalue weighted by molar-refractivity contribution is -0.120. The van der Waals surface area contributed by atoms with Crippen LogP contribution in [0.25, 0.3) is 5.69 Å². The molecule has 0 spiro atoms. The largest absolute Gasteiger partial charge is 0.359 e. The molecular formula is C16H21N5O2. The van der Waals surface area contributed by atoms with Gasteiger partial charge in [0.2, 0.25) is 5.91 Å². The monoisotopic (exact) mass is 315 g/mol. The smallest absolute Gasteiger partial charge is 0.273 e. The van der Waals surface area contributed by atoms with Crippen molar-refractivity contribution in [3.63, 3.8) is 0 Å². The first-order valence-corrected chi connectivity index (χ1v) is 7.42.